The summed E-state index contributed by atoms with van der Waals surface area (Å²) in [7, 11) is 0. The maximum absolute atomic E-state index is 10.9. The number of nitrogens with one attached hydrogen (secondary N) is 1. The maximum atomic E-state index is 10.9. The molecule has 100 valence electrons. The molecule has 0 atom stereocenters. The number of rotatable bonds is 4. The molecule has 0 bridgehead atoms. The summed E-state index contributed by atoms with van der Waals surface area (Å²) in [5, 5.41) is 12.9. The zero-order chi connectivity index (χ0) is 13.9. The average molecular weight is 268 g/mol. The van der Waals surface area contributed by atoms with E-state index < -0.39 is 5.97 Å². The molecule has 3 aromatic rings. The van der Waals surface area contributed by atoms with Crippen molar-refractivity contribution in [2.75, 3.05) is 5.32 Å². The van der Waals surface area contributed by atoms with Gasteiger partial charge in [0.2, 0.25) is 5.76 Å². The minimum Gasteiger partial charge on any atom is -0.475 e. The number of carboxylic acid groups (broad SMARTS) is 1. The van der Waals surface area contributed by atoms with Crippen molar-refractivity contribution in [1.29, 1.82) is 0 Å². The lowest BCUT2D eigenvalue weighted by atomic mass is 10.1. The predicted octanol–water partition coefficient (Wildman–Crippen LogP) is 3.14. The third-order valence-corrected chi connectivity index (χ3v) is 2.95. The van der Waals surface area contributed by atoms with Crippen LogP contribution in [0.3, 0.4) is 0 Å². The summed E-state index contributed by atoms with van der Waals surface area (Å²) in [6.45, 7) is 0.634. The average Bonchev–Trinajstić information content (AvgIpc) is 2.89. The fraction of sp³-hybridized carbons (Fsp3) is 0.0667. The number of hydrogen-bond donors (Lipinski definition) is 2. The van der Waals surface area contributed by atoms with Gasteiger partial charge in [-0.25, -0.2) is 4.79 Å². The Bertz CT molecular complexity index is 750. The predicted molar refractivity (Wildman–Crippen MR) is 74.7 cm³/mol. The molecule has 0 saturated heterocycles. The minimum atomic E-state index is -1.06. The number of pyridine rings is 1. The zero-order valence-corrected chi connectivity index (χ0v) is 10.5. The second-order valence-corrected chi connectivity index (χ2v) is 4.38. The van der Waals surface area contributed by atoms with E-state index in [4.69, 9.17) is 9.52 Å². The largest absolute Gasteiger partial charge is 0.475 e. The molecule has 0 amide bonds. The Kier molecular flexibility index (Phi) is 3.09. The third kappa shape index (κ3) is 2.47. The second-order valence-electron chi connectivity index (χ2n) is 4.38. The van der Waals surface area contributed by atoms with Crippen molar-refractivity contribution >= 4 is 22.6 Å². The van der Waals surface area contributed by atoms with Crippen LogP contribution >= 0.6 is 0 Å². The number of benzene rings is 1. The molecule has 20 heavy (non-hydrogen) atoms. The smallest absolute Gasteiger partial charge is 0.371 e. The zero-order valence-electron chi connectivity index (χ0n) is 10.5. The fourth-order valence-electron chi connectivity index (χ4n) is 1.98. The van der Waals surface area contributed by atoms with Crippen molar-refractivity contribution in [3.8, 4) is 0 Å². The Labute approximate surface area is 114 Å². The van der Waals surface area contributed by atoms with Crippen LogP contribution in [0.4, 0.5) is 5.69 Å². The molecule has 2 aromatic heterocycles. The van der Waals surface area contributed by atoms with Gasteiger partial charge in [0.25, 0.3) is 0 Å². The molecular weight excluding hydrogens is 256 g/mol. The summed E-state index contributed by atoms with van der Waals surface area (Å²) < 4.78 is 5.22. The van der Waals surface area contributed by atoms with Gasteiger partial charge in [-0.15, -0.1) is 0 Å². The highest BCUT2D eigenvalue weighted by Crippen LogP contribution is 2.21. The molecule has 0 saturated carbocycles. The van der Waals surface area contributed by atoms with Gasteiger partial charge in [-0.1, -0.05) is 6.07 Å². The minimum absolute atomic E-state index is 0.0441. The quantitative estimate of drug-likeness (QED) is 0.760. The summed E-state index contributed by atoms with van der Waals surface area (Å²) in [5.41, 5.74) is 2.55. The first kappa shape index (κ1) is 12.2. The van der Waals surface area contributed by atoms with Crippen molar-refractivity contribution in [3.63, 3.8) is 0 Å². The summed E-state index contributed by atoms with van der Waals surface area (Å²) in [5.74, 6) is -1.10. The van der Waals surface area contributed by atoms with Crippen molar-refractivity contribution in [3.05, 3.63) is 60.1 Å². The van der Waals surface area contributed by atoms with E-state index in [-0.39, 0.29) is 5.76 Å². The molecule has 0 spiro atoms. The van der Waals surface area contributed by atoms with E-state index in [1.54, 1.807) is 18.5 Å². The molecule has 3 rings (SSSR count). The van der Waals surface area contributed by atoms with E-state index in [2.05, 4.69) is 10.3 Å². The summed E-state index contributed by atoms with van der Waals surface area (Å²) in [6, 6.07) is 10.9. The van der Waals surface area contributed by atoms with Gasteiger partial charge in [-0.05, 0) is 35.9 Å². The van der Waals surface area contributed by atoms with Crippen LogP contribution in [0.2, 0.25) is 0 Å². The number of aromatic carboxylic acids is 1. The number of furan rings is 1. The van der Waals surface area contributed by atoms with Crippen LogP contribution in [-0.4, -0.2) is 16.1 Å². The first-order valence-electron chi connectivity index (χ1n) is 6.12. The van der Waals surface area contributed by atoms with Crippen LogP contribution < -0.4 is 5.32 Å². The van der Waals surface area contributed by atoms with Crippen LogP contribution in [0.1, 0.15) is 16.1 Å². The van der Waals surface area contributed by atoms with E-state index in [1.807, 2.05) is 24.3 Å². The normalized spacial score (nSPS) is 10.6. The number of anilines is 1. The Hall–Kier alpha value is -2.82. The van der Waals surface area contributed by atoms with Crippen LogP contribution in [0.5, 0.6) is 0 Å². The van der Waals surface area contributed by atoms with Gasteiger partial charge in [-0.3, -0.25) is 4.98 Å². The highest BCUT2D eigenvalue weighted by molar-refractivity contribution is 5.91. The number of fused-ring (bicyclic) bond motifs is 1. The number of carboxylic acids is 1. The Morgan fingerprint density at radius 1 is 1.30 bits per heavy atom. The maximum Gasteiger partial charge on any atom is 0.371 e. The van der Waals surface area contributed by atoms with Gasteiger partial charge < -0.3 is 14.8 Å². The Balaban J connectivity index is 1.80. The molecule has 0 aliphatic heterocycles. The molecule has 0 aliphatic carbocycles. The van der Waals surface area contributed by atoms with E-state index in [0.717, 1.165) is 16.6 Å². The number of aromatic nitrogens is 1. The summed E-state index contributed by atoms with van der Waals surface area (Å²) in [4.78, 5) is 14.9. The molecule has 2 N–H and O–H groups in total. The van der Waals surface area contributed by atoms with Gasteiger partial charge in [0.15, 0.2) is 0 Å². The second kappa shape index (κ2) is 5.05. The van der Waals surface area contributed by atoms with Gasteiger partial charge in [0.05, 0.1) is 5.69 Å². The van der Waals surface area contributed by atoms with Crippen molar-refractivity contribution in [1.82, 2.24) is 4.98 Å². The number of carbonyl (C=O) groups is 1. The van der Waals surface area contributed by atoms with Gasteiger partial charge >= 0.3 is 5.97 Å². The van der Waals surface area contributed by atoms with Crippen LogP contribution in [0.25, 0.3) is 11.0 Å². The van der Waals surface area contributed by atoms with Gasteiger partial charge in [0.1, 0.15) is 5.58 Å². The molecule has 5 nitrogen and oxygen atoms in total. The monoisotopic (exact) mass is 268 g/mol. The Morgan fingerprint density at radius 2 is 2.20 bits per heavy atom. The highest BCUT2D eigenvalue weighted by atomic mass is 16.4. The molecule has 1 aromatic carbocycles. The Morgan fingerprint density at radius 3 is 2.95 bits per heavy atom. The molecule has 0 fully saturated rings. The van der Waals surface area contributed by atoms with Crippen molar-refractivity contribution < 1.29 is 14.3 Å². The summed E-state index contributed by atoms with van der Waals surface area (Å²) in [6.07, 6.45) is 3.47. The molecule has 5 heteroatoms. The highest BCUT2D eigenvalue weighted by Gasteiger charge is 2.10. The number of nitrogens with zero attached hydrogens (tertiary/aromatic N) is 1. The summed E-state index contributed by atoms with van der Waals surface area (Å²) >= 11 is 0. The third-order valence-electron chi connectivity index (χ3n) is 2.95. The lowest BCUT2D eigenvalue weighted by Crippen LogP contribution is -1.99. The van der Waals surface area contributed by atoms with E-state index in [0.29, 0.717) is 12.1 Å². The van der Waals surface area contributed by atoms with Crippen LogP contribution in [0, 0.1) is 0 Å². The number of hydrogen-bond acceptors (Lipinski definition) is 4. The van der Waals surface area contributed by atoms with E-state index in [1.165, 1.54) is 6.07 Å². The fourth-order valence-corrected chi connectivity index (χ4v) is 1.98. The first-order chi connectivity index (χ1) is 9.72. The molecule has 2 heterocycles. The molecule has 0 unspecified atom stereocenters. The molecule has 0 aliphatic rings. The van der Waals surface area contributed by atoms with E-state index in [9.17, 15) is 4.79 Å². The standard InChI is InChI=1S/C15H12N2O3/c18-15(19)14-7-11-6-10(3-4-13(11)20-14)8-17-12-2-1-5-16-9-12/h1-7,9,17H,8H2,(H,18,19). The molecule has 0 radical (unpaired) electrons. The SMILES string of the molecule is O=C(O)c1cc2cc(CNc3cccnc3)ccc2o1. The lowest BCUT2D eigenvalue weighted by molar-refractivity contribution is 0.0665. The first-order valence-corrected chi connectivity index (χ1v) is 6.12. The van der Waals surface area contributed by atoms with Crippen molar-refractivity contribution in [2.24, 2.45) is 0 Å². The lowest BCUT2D eigenvalue weighted by Gasteiger charge is -2.05. The van der Waals surface area contributed by atoms with Crippen LogP contribution in [-0.2, 0) is 6.54 Å². The van der Waals surface area contributed by atoms with Crippen LogP contribution in [0.15, 0.2) is 53.2 Å². The van der Waals surface area contributed by atoms with Gasteiger partial charge in [0, 0.05) is 24.3 Å². The van der Waals surface area contributed by atoms with Gasteiger partial charge in [-0.2, -0.15) is 0 Å². The van der Waals surface area contributed by atoms with Crippen molar-refractivity contribution in [2.45, 2.75) is 6.54 Å². The topological polar surface area (TPSA) is 75.4 Å². The molecular formula is C15H12N2O3. The van der Waals surface area contributed by atoms with E-state index >= 15 is 0 Å².